The third-order valence-corrected chi connectivity index (χ3v) is 4.64. The van der Waals surface area contributed by atoms with E-state index in [2.05, 4.69) is 15.3 Å². The minimum atomic E-state index is -1.12. The van der Waals surface area contributed by atoms with Gasteiger partial charge in [0.05, 0.1) is 5.56 Å². The van der Waals surface area contributed by atoms with Crippen LogP contribution in [0.15, 0.2) is 65.6 Å². The number of aromatic amines is 2. The Morgan fingerprint density at radius 3 is 2.66 bits per heavy atom. The number of aromatic nitrogens is 2. The highest BCUT2D eigenvalue weighted by Gasteiger charge is 2.16. The van der Waals surface area contributed by atoms with E-state index in [9.17, 15) is 19.5 Å². The van der Waals surface area contributed by atoms with Crippen LogP contribution in [0.2, 0.25) is 0 Å². The Morgan fingerprint density at radius 1 is 1.10 bits per heavy atom. The van der Waals surface area contributed by atoms with Crippen LogP contribution in [0.3, 0.4) is 0 Å². The molecule has 0 saturated carbocycles. The van der Waals surface area contributed by atoms with Crippen LogP contribution < -0.4 is 10.9 Å². The highest BCUT2D eigenvalue weighted by Crippen LogP contribution is 2.26. The lowest BCUT2D eigenvalue weighted by Crippen LogP contribution is -2.20. The zero-order valence-corrected chi connectivity index (χ0v) is 15.2. The van der Waals surface area contributed by atoms with Crippen LogP contribution in [-0.2, 0) is 11.3 Å². The van der Waals surface area contributed by atoms with E-state index in [4.69, 9.17) is 0 Å². The fourth-order valence-electron chi connectivity index (χ4n) is 3.23. The molecule has 4 N–H and O–H groups in total. The maximum absolute atomic E-state index is 12.2. The fourth-order valence-corrected chi connectivity index (χ4v) is 3.23. The van der Waals surface area contributed by atoms with Gasteiger partial charge in [0.2, 0.25) is 5.91 Å². The van der Waals surface area contributed by atoms with Crippen molar-refractivity contribution in [2.45, 2.75) is 6.54 Å². The molecule has 2 heterocycles. The Kier molecular flexibility index (Phi) is 4.70. The van der Waals surface area contributed by atoms with Crippen LogP contribution in [0.4, 0.5) is 0 Å². The normalized spacial score (nSPS) is 11.3. The Balaban J connectivity index is 1.64. The molecule has 0 radical (unpaired) electrons. The van der Waals surface area contributed by atoms with E-state index in [1.807, 2.05) is 30.3 Å². The summed E-state index contributed by atoms with van der Waals surface area (Å²) in [7, 11) is 0. The molecule has 0 fully saturated rings. The Labute approximate surface area is 164 Å². The quantitative estimate of drug-likeness (QED) is 0.394. The summed E-state index contributed by atoms with van der Waals surface area (Å²) in [4.78, 5) is 41.2. The first-order chi connectivity index (χ1) is 14.0. The summed E-state index contributed by atoms with van der Waals surface area (Å²) in [6.07, 6.45) is 4.37. The van der Waals surface area contributed by atoms with Gasteiger partial charge in [-0.05, 0) is 29.3 Å². The first kappa shape index (κ1) is 18.2. The lowest BCUT2D eigenvalue weighted by molar-refractivity contribution is -0.116. The van der Waals surface area contributed by atoms with E-state index >= 15 is 0 Å². The summed E-state index contributed by atoms with van der Waals surface area (Å²) in [5.41, 5.74) is 2.08. The second-order valence-electron chi connectivity index (χ2n) is 6.55. The Hall–Kier alpha value is -4.13. The van der Waals surface area contributed by atoms with Gasteiger partial charge in [-0.2, -0.15) is 0 Å². The molecule has 144 valence electrons. The number of carboxylic acids is 1. The van der Waals surface area contributed by atoms with Crippen LogP contribution in [0.25, 0.3) is 27.9 Å². The Morgan fingerprint density at radius 2 is 1.90 bits per heavy atom. The zero-order chi connectivity index (χ0) is 20.4. The van der Waals surface area contributed by atoms with Crippen LogP contribution in [0, 0.1) is 0 Å². The number of amides is 1. The molecule has 2 aromatic carbocycles. The number of nitrogens with one attached hydrogen (secondary N) is 3. The molecule has 0 unspecified atom stereocenters. The van der Waals surface area contributed by atoms with Gasteiger partial charge in [0, 0.05) is 35.1 Å². The largest absolute Gasteiger partial charge is 0.478 e. The highest BCUT2D eigenvalue weighted by atomic mass is 16.4. The van der Waals surface area contributed by atoms with Gasteiger partial charge in [0.25, 0.3) is 5.56 Å². The molecule has 7 nitrogen and oxygen atoms in total. The van der Waals surface area contributed by atoms with E-state index in [1.54, 1.807) is 24.3 Å². The number of carbonyl (C=O) groups is 2. The smallest absolute Gasteiger partial charge is 0.337 e. The molecule has 4 rings (SSSR count). The monoisotopic (exact) mass is 387 g/mol. The number of rotatable bonds is 5. The van der Waals surface area contributed by atoms with Crippen molar-refractivity contribution in [1.29, 1.82) is 0 Å². The molecule has 0 aliphatic carbocycles. The summed E-state index contributed by atoms with van der Waals surface area (Å²) in [5.74, 6) is -1.36. The molecule has 0 atom stereocenters. The van der Waals surface area contributed by atoms with E-state index < -0.39 is 5.97 Å². The molecule has 0 bridgehead atoms. The van der Waals surface area contributed by atoms with Gasteiger partial charge < -0.3 is 20.4 Å². The van der Waals surface area contributed by atoms with E-state index in [1.165, 1.54) is 12.3 Å². The second kappa shape index (κ2) is 7.47. The topological polar surface area (TPSA) is 115 Å². The molecule has 0 aliphatic rings. The van der Waals surface area contributed by atoms with Gasteiger partial charge in [-0.15, -0.1) is 0 Å². The molecule has 29 heavy (non-hydrogen) atoms. The average molecular weight is 387 g/mol. The number of carboxylic acid groups (broad SMARTS) is 1. The number of fused-ring (bicyclic) bond motifs is 3. The third kappa shape index (κ3) is 3.66. The van der Waals surface area contributed by atoms with Crippen molar-refractivity contribution in [3.8, 4) is 0 Å². The highest BCUT2D eigenvalue weighted by molar-refractivity contribution is 6.14. The van der Waals surface area contributed by atoms with Crippen molar-refractivity contribution in [2.24, 2.45) is 0 Å². The maximum Gasteiger partial charge on any atom is 0.337 e. The minimum Gasteiger partial charge on any atom is -0.478 e. The standard InChI is InChI=1S/C22H17N3O4/c26-18(23-11-14-4-2-1-3-5-14)9-7-13-6-8-17-15(10-13)19-16(22(28)29)12-24-20(19)21(27)25-17/h1-10,12,24H,11H2,(H,23,26)(H,25,27)(H,28,29). The lowest BCUT2D eigenvalue weighted by Gasteiger charge is -2.04. The number of pyridine rings is 1. The van der Waals surface area contributed by atoms with E-state index in [-0.39, 0.29) is 22.5 Å². The van der Waals surface area contributed by atoms with Crippen molar-refractivity contribution in [3.05, 3.63) is 87.8 Å². The van der Waals surface area contributed by atoms with Crippen molar-refractivity contribution in [3.63, 3.8) is 0 Å². The third-order valence-electron chi connectivity index (χ3n) is 4.64. The molecule has 2 aromatic heterocycles. The van der Waals surface area contributed by atoms with Crippen molar-refractivity contribution in [2.75, 3.05) is 0 Å². The minimum absolute atomic E-state index is 0.0258. The predicted molar refractivity (Wildman–Crippen MR) is 111 cm³/mol. The SMILES string of the molecule is O=C(C=Cc1ccc2[nH]c(=O)c3[nH]cc(C(=O)O)c3c2c1)NCc1ccccc1. The molecular formula is C22H17N3O4. The predicted octanol–water partition coefficient (Wildman–Crippen LogP) is 3.04. The van der Waals surface area contributed by atoms with Gasteiger partial charge in [-0.1, -0.05) is 36.4 Å². The first-order valence-corrected chi connectivity index (χ1v) is 8.93. The number of aromatic carboxylic acids is 1. The molecule has 0 aliphatic heterocycles. The number of hydrogen-bond donors (Lipinski definition) is 4. The van der Waals surface area contributed by atoms with Gasteiger partial charge in [-0.25, -0.2) is 4.79 Å². The molecule has 1 amide bonds. The van der Waals surface area contributed by atoms with Crippen LogP contribution >= 0.6 is 0 Å². The van der Waals surface area contributed by atoms with Gasteiger partial charge in [-0.3, -0.25) is 9.59 Å². The Bertz CT molecular complexity index is 1320. The number of H-pyrrole nitrogens is 2. The summed E-state index contributed by atoms with van der Waals surface area (Å²) >= 11 is 0. The van der Waals surface area contributed by atoms with Gasteiger partial charge in [0.15, 0.2) is 0 Å². The fraction of sp³-hybridized carbons (Fsp3) is 0.0455. The number of hydrogen-bond acceptors (Lipinski definition) is 3. The summed E-state index contributed by atoms with van der Waals surface area (Å²) in [6.45, 7) is 0.426. The molecule has 7 heteroatoms. The molecule has 4 aromatic rings. The molecule has 0 spiro atoms. The summed E-state index contributed by atoms with van der Waals surface area (Å²) < 4.78 is 0. The zero-order valence-electron chi connectivity index (χ0n) is 15.2. The molecule has 0 saturated heterocycles. The number of carbonyl (C=O) groups excluding carboxylic acids is 1. The van der Waals surface area contributed by atoms with Crippen LogP contribution in [0.5, 0.6) is 0 Å². The van der Waals surface area contributed by atoms with Crippen LogP contribution in [-0.4, -0.2) is 27.0 Å². The second-order valence-corrected chi connectivity index (χ2v) is 6.55. The summed E-state index contributed by atoms with van der Waals surface area (Å²) in [5, 5.41) is 13.2. The van der Waals surface area contributed by atoms with Crippen molar-refractivity contribution >= 4 is 39.8 Å². The first-order valence-electron chi connectivity index (χ1n) is 8.93. The summed E-state index contributed by atoms with van der Waals surface area (Å²) in [6, 6.07) is 14.8. The van der Waals surface area contributed by atoms with Gasteiger partial charge in [0.1, 0.15) is 5.52 Å². The average Bonchev–Trinajstić information content (AvgIpc) is 3.18. The maximum atomic E-state index is 12.2. The lowest BCUT2D eigenvalue weighted by atomic mass is 10.0. The molecular weight excluding hydrogens is 370 g/mol. The van der Waals surface area contributed by atoms with Crippen molar-refractivity contribution < 1.29 is 14.7 Å². The van der Waals surface area contributed by atoms with E-state index in [0.717, 1.165) is 5.56 Å². The number of benzene rings is 2. The van der Waals surface area contributed by atoms with Crippen LogP contribution in [0.1, 0.15) is 21.5 Å². The van der Waals surface area contributed by atoms with Crippen molar-refractivity contribution in [1.82, 2.24) is 15.3 Å². The van der Waals surface area contributed by atoms with E-state index in [0.29, 0.717) is 28.4 Å². The van der Waals surface area contributed by atoms with Gasteiger partial charge >= 0.3 is 5.97 Å².